The fraction of sp³-hybridized carbons (Fsp3) is 0.0714. The highest BCUT2D eigenvalue weighted by atomic mass is 15.2. The molecule has 2 rings (SSSR count). The fourth-order valence-electron chi connectivity index (χ4n) is 1.39. The average Bonchev–Trinajstić information content (AvgIpc) is 2.42. The van der Waals surface area contributed by atoms with E-state index < -0.39 is 0 Å². The Morgan fingerprint density at radius 1 is 1.11 bits per heavy atom. The van der Waals surface area contributed by atoms with Crippen molar-refractivity contribution in [2.75, 3.05) is 0 Å². The van der Waals surface area contributed by atoms with Crippen molar-refractivity contribution in [1.29, 1.82) is 0 Å². The maximum absolute atomic E-state index is 5.79. The Labute approximate surface area is 106 Å². The first-order valence-corrected chi connectivity index (χ1v) is 5.59. The van der Waals surface area contributed by atoms with Crippen LogP contribution in [0.15, 0.2) is 59.0 Å². The summed E-state index contributed by atoms with van der Waals surface area (Å²) in [6.07, 6.45) is 5.01. The molecule has 0 fully saturated rings. The number of amidine groups is 1. The van der Waals surface area contributed by atoms with Crippen LogP contribution >= 0.6 is 0 Å². The number of hydrogen-bond donors (Lipinski definition) is 1. The lowest BCUT2D eigenvalue weighted by molar-refractivity contribution is 1.22. The Morgan fingerprint density at radius 2 is 1.78 bits per heavy atom. The molecule has 0 saturated carbocycles. The first-order chi connectivity index (χ1) is 8.75. The molecule has 0 aliphatic carbocycles. The largest absolute Gasteiger partial charge is 0.382 e. The van der Waals surface area contributed by atoms with Crippen molar-refractivity contribution < 1.29 is 0 Å². The number of rotatable bonds is 3. The van der Waals surface area contributed by atoms with Crippen LogP contribution < -0.4 is 5.73 Å². The minimum absolute atomic E-state index is 0.376. The van der Waals surface area contributed by atoms with Gasteiger partial charge >= 0.3 is 0 Å². The second-order valence-electron chi connectivity index (χ2n) is 3.88. The molecular formula is C14H14N4. The lowest BCUT2D eigenvalue weighted by Gasteiger charge is -1.96. The van der Waals surface area contributed by atoms with Gasteiger partial charge < -0.3 is 5.73 Å². The van der Waals surface area contributed by atoms with Crippen molar-refractivity contribution >= 4 is 12.1 Å². The van der Waals surface area contributed by atoms with Crippen LogP contribution in [0, 0.1) is 6.92 Å². The van der Waals surface area contributed by atoms with Gasteiger partial charge in [-0.05, 0) is 24.6 Å². The number of hydrogen-bond acceptors (Lipinski definition) is 3. The van der Waals surface area contributed by atoms with E-state index in [0.717, 1.165) is 11.1 Å². The van der Waals surface area contributed by atoms with Crippen molar-refractivity contribution in [1.82, 2.24) is 4.98 Å². The van der Waals surface area contributed by atoms with Gasteiger partial charge in [-0.2, -0.15) is 5.10 Å². The average molecular weight is 238 g/mol. The van der Waals surface area contributed by atoms with Gasteiger partial charge in [-0.25, -0.2) is 0 Å². The molecule has 0 bridgehead atoms. The van der Waals surface area contributed by atoms with E-state index in [1.807, 2.05) is 31.2 Å². The summed E-state index contributed by atoms with van der Waals surface area (Å²) in [7, 11) is 0. The molecule has 0 radical (unpaired) electrons. The molecule has 0 aliphatic rings. The van der Waals surface area contributed by atoms with Gasteiger partial charge in [-0.1, -0.05) is 29.8 Å². The van der Waals surface area contributed by atoms with Gasteiger partial charge in [-0.15, -0.1) is 5.10 Å². The highest BCUT2D eigenvalue weighted by Gasteiger charge is 1.95. The molecule has 0 aliphatic heterocycles. The topological polar surface area (TPSA) is 63.6 Å². The summed E-state index contributed by atoms with van der Waals surface area (Å²) in [6.45, 7) is 2.04. The molecule has 1 aromatic carbocycles. The molecular weight excluding hydrogens is 224 g/mol. The molecule has 18 heavy (non-hydrogen) atoms. The van der Waals surface area contributed by atoms with E-state index in [1.165, 1.54) is 5.56 Å². The molecule has 4 nitrogen and oxygen atoms in total. The Morgan fingerprint density at radius 3 is 2.44 bits per heavy atom. The standard InChI is InChI=1S/C14H14N4/c1-11-2-4-12(5-3-11)10-17-18-14(15)13-6-8-16-9-7-13/h2-10H,1H3,(H2,15,18)/b17-10+. The summed E-state index contributed by atoms with van der Waals surface area (Å²) in [5, 5.41) is 7.91. The second kappa shape index (κ2) is 5.72. The van der Waals surface area contributed by atoms with Crippen LogP contribution in [-0.4, -0.2) is 17.0 Å². The van der Waals surface area contributed by atoms with Crippen molar-refractivity contribution in [3.05, 3.63) is 65.5 Å². The van der Waals surface area contributed by atoms with Crippen LogP contribution in [0.2, 0.25) is 0 Å². The van der Waals surface area contributed by atoms with Gasteiger partial charge in [0.2, 0.25) is 0 Å². The quantitative estimate of drug-likeness (QED) is 0.506. The molecule has 90 valence electrons. The van der Waals surface area contributed by atoms with E-state index in [4.69, 9.17) is 5.73 Å². The first kappa shape index (κ1) is 12.0. The van der Waals surface area contributed by atoms with E-state index in [9.17, 15) is 0 Å². The van der Waals surface area contributed by atoms with Gasteiger partial charge in [0.25, 0.3) is 0 Å². The molecule has 1 aromatic heterocycles. The molecule has 0 atom stereocenters. The maximum atomic E-state index is 5.79. The number of aromatic nitrogens is 1. The second-order valence-corrected chi connectivity index (χ2v) is 3.88. The van der Waals surface area contributed by atoms with Crippen molar-refractivity contribution in [2.24, 2.45) is 15.9 Å². The number of benzene rings is 1. The molecule has 0 amide bonds. The van der Waals surface area contributed by atoms with Crippen molar-refractivity contribution in [3.8, 4) is 0 Å². The fourth-order valence-corrected chi connectivity index (χ4v) is 1.39. The summed E-state index contributed by atoms with van der Waals surface area (Å²) in [5.41, 5.74) is 8.81. The normalized spacial score (nSPS) is 11.9. The summed E-state index contributed by atoms with van der Waals surface area (Å²) in [5.74, 6) is 0.376. The van der Waals surface area contributed by atoms with Crippen LogP contribution in [0.25, 0.3) is 0 Å². The lowest BCUT2D eigenvalue weighted by Crippen LogP contribution is -2.12. The molecule has 0 saturated heterocycles. The minimum Gasteiger partial charge on any atom is -0.382 e. The predicted molar refractivity (Wildman–Crippen MR) is 73.7 cm³/mol. The molecule has 2 N–H and O–H groups in total. The van der Waals surface area contributed by atoms with Gasteiger partial charge in [0.05, 0.1) is 6.21 Å². The van der Waals surface area contributed by atoms with Crippen molar-refractivity contribution in [3.63, 3.8) is 0 Å². The van der Waals surface area contributed by atoms with E-state index in [-0.39, 0.29) is 0 Å². The summed E-state index contributed by atoms with van der Waals surface area (Å²) in [4.78, 5) is 3.91. The van der Waals surface area contributed by atoms with E-state index in [0.29, 0.717) is 5.84 Å². The third kappa shape index (κ3) is 3.25. The smallest absolute Gasteiger partial charge is 0.153 e. The van der Waals surface area contributed by atoms with Gasteiger partial charge in [-0.3, -0.25) is 4.98 Å². The number of nitrogens with zero attached hydrogens (tertiary/aromatic N) is 3. The van der Waals surface area contributed by atoms with E-state index in [2.05, 4.69) is 15.2 Å². The highest BCUT2D eigenvalue weighted by molar-refractivity contribution is 5.97. The molecule has 1 heterocycles. The lowest BCUT2D eigenvalue weighted by atomic mass is 10.2. The Balaban J connectivity index is 2.08. The Bertz CT molecular complexity index is 556. The summed E-state index contributed by atoms with van der Waals surface area (Å²) in [6, 6.07) is 11.6. The number of aryl methyl sites for hydroxylation is 1. The van der Waals surface area contributed by atoms with E-state index in [1.54, 1.807) is 30.7 Å². The van der Waals surface area contributed by atoms with E-state index >= 15 is 0 Å². The predicted octanol–water partition coefficient (Wildman–Crippen LogP) is 2.13. The molecule has 2 aromatic rings. The third-order valence-corrected chi connectivity index (χ3v) is 2.43. The van der Waals surface area contributed by atoms with Gasteiger partial charge in [0.1, 0.15) is 0 Å². The maximum Gasteiger partial charge on any atom is 0.153 e. The third-order valence-electron chi connectivity index (χ3n) is 2.43. The van der Waals surface area contributed by atoms with Crippen LogP contribution in [-0.2, 0) is 0 Å². The molecule has 0 spiro atoms. The Kier molecular flexibility index (Phi) is 3.81. The SMILES string of the molecule is Cc1ccc(/C=N/N=C(\N)c2ccncc2)cc1. The Hall–Kier alpha value is -2.49. The monoisotopic (exact) mass is 238 g/mol. The first-order valence-electron chi connectivity index (χ1n) is 5.59. The zero-order valence-electron chi connectivity index (χ0n) is 10.1. The number of nitrogens with two attached hydrogens (primary N) is 1. The zero-order valence-corrected chi connectivity index (χ0v) is 10.1. The molecule has 4 heteroatoms. The summed E-state index contributed by atoms with van der Waals surface area (Å²) < 4.78 is 0. The number of pyridine rings is 1. The minimum atomic E-state index is 0.376. The van der Waals surface area contributed by atoms with Crippen LogP contribution in [0.5, 0.6) is 0 Å². The zero-order chi connectivity index (χ0) is 12.8. The van der Waals surface area contributed by atoms with Crippen molar-refractivity contribution in [2.45, 2.75) is 6.92 Å². The highest BCUT2D eigenvalue weighted by Crippen LogP contribution is 2.01. The van der Waals surface area contributed by atoms with Crippen LogP contribution in [0.3, 0.4) is 0 Å². The van der Waals surface area contributed by atoms with Crippen LogP contribution in [0.1, 0.15) is 16.7 Å². The van der Waals surface area contributed by atoms with Gasteiger partial charge in [0.15, 0.2) is 5.84 Å². The summed E-state index contributed by atoms with van der Waals surface area (Å²) >= 11 is 0. The van der Waals surface area contributed by atoms with Gasteiger partial charge in [0, 0.05) is 18.0 Å². The molecule has 0 unspecified atom stereocenters. The van der Waals surface area contributed by atoms with Crippen LogP contribution in [0.4, 0.5) is 0 Å².